The first-order valence-electron chi connectivity index (χ1n) is 6.96. The molecule has 0 atom stereocenters. The van der Waals surface area contributed by atoms with Gasteiger partial charge in [-0.1, -0.05) is 19.1 Å². The summed E-state index contributed by atoms with van der Waals surface area (Å²) in [7, 11) is 1.72. The van der Waals surface area contributed by atoms with Crippen LogP contribution >= 0.6 is 0 Å². The first-order chi connectivity index (χ1) is 9.19. The summed E-state index contributed by atoms with van der Waals surface area (Å²) in [6, 6.07) is 2.17. The fourth-order valence-electron chi connectivity index (χ4n) is 1.97. The molecule has 0 aliphatic carbocycles. The molecule has 19 heavy (non-hydrogen) atoms. The van der Waals surface area contributed by atoms with Crippen LogP contribution < -0.4 is 0 Å². The van der Waals surface area contributed by atoms with Crippen molar-refractivity contribution in [3.63, 3.8) is 0 Å². The number of aromatic nitrogens is 3. The van der Waals surface area contributed by atoms with Crippen LogP contribution in [-0.4, -0.2) is 28.7 Å². The summed E-state index contributed by atoms with van der Waals surface area (Å²) in [5.74, 6) is 0.645. The van der Waals surface area contributed by atoms with Crippen LogP contribution in [0.2, 0.25) is 0 Å². The van der Waals surface area contributed by atoms with Crippen molar-refractivity contribution in [1.29, 1.82) is 5.26 Å². The van der Waals surface area contributed by atoms with Crippen molar-refractivity contribution in [3.8, 4) is 6.07 Å². The molecule has 0 aromatic carbocycles. The van der Waals surface area contributed by atoms with Crippen LogP contribution in [0.3, 0.4) is 0 Å². The van der Waals surface area contributed by atoms with Gasteiger partial charge in [-0.3, -0.25) is 0 Å². The standard InChI is InChI=1S/C14H24N4O/c1-12(2)6-7-14-13(8-9-15)16-17-18(14)10-4-5-11-19-3/h12H,4-8,10-11H2,1-3H3. The highest BCUT2D eigenvalue weighted by molar-refractivity contribution is 5.14. The lowest BCUT2D eigenvalue weighted by molar-refractivity contribution is 0.190. The Morgan fingerprint density at radius 3 is 2.79 bits per heavy atom. The third-order valence-electron chi connectivity index (χ3n) is 3.09. The van der Waals surface area contributed by atoms with Crippen molar-refractivity contribution < 1.29 is 4.74 Å². The Morgan fingerprint density at radius 1 is 1.37 bits per heavy atom. The third-order valence-corrected chi connectivity index (χ3v) is 3.09. The topological polar surface area (TPSA) is 63.7 Å². The molecule has 0 fully saturated rings. The summed E-state index contributed by atoms with van der Waals surface area (Å²) in [6.07, 6.45) is 4.45. The quantitative estimate of drug-likeness (QED) is 0.642. The van der Waals surface area contributed by atoms with E-state index in [1.165, 1.54) is 0 Å². The molecule has 0 aliphatic rings. The van der Waals surface area contributed by atoms with Crippen LogP contribution in [0.5, 0.6) is 0 Å². The second-order valence-corrected chi connectivity index (χ2v) is 5.17. The molecule has 0 amide bonds. The fourth-order valence-corrected chi connectivity index (χ4v) is 1.97. The van der Waals surface area contributed by atoms with E-state index < -0.39 is 0 Å². The third kappa shape index (κ3) is 5.39. The SMILES string of the molecule is COCCCCn1nnc(CC#N)c1CCC(C)C. The Bertz CT molecular complexity index is 406. The molecule has 5 heteroatoms. The van der Waals surface area contributed by atoms with Crippen LogP contribution in [-0.2, 0) is 24.1 Å². The molecule has 1 aromatic rings. The second-order valence-electron chi connectivity index (χ2n) is 5.17. The van der Waals surface area contributed by atoms with Gasteiger partial charge in [-0.05, 0) is 31.6 Å². The number of hydrogen-bond donors (Lipinski definition) is 0. The maximum atomic E-state index is 8.83. The predicted octanol–water partition coefficient (Wildman–Crippen LogP) is 2.36. The van der Waals surface area contributed by atoms with Gasteiger partial charge in [0.25, 0.3) is 0 Å². The van der Waals surface area contributed by atoms with Gasteiger partial charge in [0.05, 0.1) is 23.9 Å². The highest BCUT2D eigenvalue weighted by atomic mass is 16.5. The van der Waals surface area contributed by atoms with E-state index in [1.54, 1.807) is 7.11 Å². The van der Waals surface area contributed by atoms with Crippen molar-refractivity contribution in [2.45, 2.75) is 52.5 Å². The van der Waals surface area contributed by atoms with E-state index in [0.29, 0.717) is 12.3 Å². The zero-order valence-corrected chi connectivity index (χ0v) is 12.2. The van der Waals surface area contributed by atoms with Crippen molar-refractivity contribution in [1.82, 2.24) is 15.0 Å². The van der Waals surface area contributed by atoms with E-state index in [9.17, 15) is 0 Å². The minimum Gasteiger partial charge on any atom is -0.385 e. The smallest absolute Gasteiger partial charge is 0.0999 e. The number of hydrogen-bond acceptors (Lipinski definition) is 4. The lowest BCUT2D eigenvalue weighted by Crippen LogP contribution is -2.08. The van der Waals surface area contributed by atoms with Gasteiger partial charge in [0.15, 0.2) is 0 Å². The van der Waals surface area contributed by atoms with E-state index in [4.69, 9.17) is 10.00 Å². The molecule has 1 aromatic heterocycles. The van der Waals surface area contributed by atoms with Crippen molar-refractivity contribution in [2.24, 2.45) is 5.92 Å². The zero-order valence-electron chi connectivity index (χ0n) is 12.2. The molecular formula is C14H24N4O. The molecule has 106 valence electrons. The minimum absolute atomic E-state index is 0.353. The van der Waals surface area contributed by atoms with E-state index in [2.05, 4.69) is 30.2 Å². The Kier molecular flexibility index (Phi) is 7.12. The fraction of sp³-hybridized carbons (Fsp3) is 0.786. The van der Waals surface area contributed by atoms with Crippen molar-refractivity contribution >= 4 is 0 Å². The van der Waals surface area contributed by atoms with Crippen LogP contribution in [0, 0.1) is 17.2 Å². The lowest BCUT2D eigenvalue weighted by atomic mass is 10.0. The van der Waals surface area contributed by atoms with Gasteiger partial charge in [0, 0.05) is 20.3 Å². The number of unbranched alkanes of at least 4 members (excludes halogenated alkanes) is 1. The number of methoxy groups -OCH3 is 1. The van der Waals surface area contributed by atoms with Crippen molar-refractivity contribution in [2.75, 3.05) is 13.7 Å². The van der Waals surface area contributed by atoms with Crippen LogP contribution in [0.15, 0.2) is 0 Å². The summed E-state index contributed by atoms with van der Waals surface area (Å²) in [5, 5.41) is 17.2. The van der Waals surface area contributed by atoms with Gasteiger partial charge < -0.3 is 4.74 Å². The Hall–Kier alpha value is -1.41. The summed E-state index contributed by atoms with van der Waals surface area (Å²) >= 11 is 0. The van der Waals surface area contributed by atoms with Gasteiger partial charge in [0.2, 0.25) is 0 Å². The van der Waals surface area contributed by atoms with Crippen LogP contribution in [0.4, 0.5) is 0 Å². The predicted molar refractivity (Wildman–Crippen MR) is 73.6 cm³/mol. The molecular weight excluding hydrogens is 240 g/mol. The number of nitriles is 1. The van der Waals surface area contributed by atoms with Gasteiger partial charge in [-0.2, -0.15) is 5.26 Å². The summed E-state index contributed by atoms with van der Waals surface area (Å²) < 4.78 is 7.01. The zero-order chi connectivity index (χ0) is 14.1. The Labute approximate surface area is 115 Å². The average molecular weight is 264 g/mol. The summed E-state index contributed by atoms with van der Waals surface area (Å²) in [4.78, 5) is 0. The number of ether oxygens (including phenoxy) is 1. The number of nitrogens with zero attached hydrogens (tertiary/aromatic N) is 4. The van der Waals surface area contributed by atoms with E-state index >= 15 is 0 Å². The van der Waals surface area contributed by atoms with Gasteiger partial charge >= 0.3 is 0 Å². The van der Waals surface area contributed by atoms with E-state index in [-0.39, 0.29) is 0 Å². The van der Waals surface area contributed by atoms with Crippen LogP contribution in [0.25, 0.3) is 0 Å². The highest BCUT2D eigenvalue weighted by Crippen LogP contribution is 2.13. The first-order valence-corrected chi connectivity index (χ1v) is 6.96. The summed E-state index contributed by atoms with van der Waals surface area (Å²) in [5.41, 5.74) is 1.97. The minimum atomic E-state index is 0.353. The largest absolute Gasteiger partial charge is 0.385 e. The average Bonchev–Trinajstić information content (AvgIpc) is 2.75. The first kappa shape index (κ1) is 15.6. The highest BCUT2D eigenvalue weighted by Gasteiger charge is 2.12. The van der Waals surface area contributed by atoms with Crippen LogP contribution in [0.1, 0.15) is 44.5 Å². The molecule has 1 heterocycles. The van der Waals surface area contributed by atoms with E-state index in [1.807, 2.05) is 4.68 Å². The van der Waals surface area contributed by atoms with E-state index in [0.717, 1.165) is 50.2 Å². The maximum absolute atomic E-state index is 8.83. The van der Waals surface area contributed by atoms with Crippen molar-refractivity contribution in [3.05, 3.63) is 11.4 Å². The number of aryl methyl sites for hydroxylation is 1. The molecule has 5 nitrogen and oxygen atoms in total. The molecule has 0 N–H and O–H groups in total. The molecule has 0 saturated carbocycles. The second kappa shape index (κ2) is 8.65. The number of rotatable bonds is 9. The normalized spacial score (nSPS) is 10.9. The molecule has 0 bridgehead atoms. The molecule has 0 unspecified atom stereocenters. The summed E-state index contributed by atoms with van der Waals surface area (Å²) in [6.45, 7) is 6.05. The molecule has 1 rings (SSSR count). The molecule has 0 aliphatic heterocycles. The lowest BCUT2D eigenvalue weighted by Gasteiger charge is -2.09. The molecule has 0 spiro atoms. The monoisotopic (exact) mass is 264 g/mol. The van der Waals surface area contributed by atoms with Gasteiger partial charge in [-0.25, -0.2) is 4.68 Å². The van der Waals surface area contributed by atoms with Gasteiger partial charge in [-0.15, -0.1) is 5.10 Å². The Morgan fingerprint density at radius 2 is 2.16 bits per heavy atom. The molecule has 0 radical (unpaired) electrons. The maximum Gasteiger partial charge on any atom is 0.0999 e. The van der Waals surface area contributed by atoms with Gasteiger partial charge in [0.1, 0.15) is 0 Å². The Balaban J connectivity index is 2.65. The molecule has 0 saturated heterocycles.